The molecule has 0 bridgehead atoms. The lowest BCUT2D eigenvalue weighted by Gasteiger charge is -2.13. The first-order valence-corrected chi connectivity index (χ1v) is 11.0. The number of carbonyl (C=O) groups is 1. The van der Waals surface area contributed by atoms with Crippen LogP contribution < -0.4 is 14.8 Å². The Balaban J connectivity index is 1.46. The van der Waals surface area contributed by atoms with Crippen molar-refractivity contribution >= 4 is 34.8 Å². The van der Waals surface area contributed by atoms with Gasteiger partial charge in [0.25, 0.3) is 5.91 Å². The summed E-state index contributed by atoms with van der Waals surface area (Å²) in [6, 6.07) is 28.2. The number of ether oxygens (including phenoxy) is 2. The second-order valence-corrected chi connectivity index (χ2v) is 8.10. The van der Waals surface area contributed by atoms with Gasteiger partial charge in [-0.1, -0.05) is 65.7 Å². The van der Waals surface area contributed by atoms with Gasteiger partial charge in [0.05, 0.1) is 17.2 Å². The molecule has 33 heavy (non-hydrogen) atoms. The fourth-order valence-electron chi connectivity index (χ4n) is 3.35. The molecule has 0 atom stereocenters. The van der Waals surface area contributed by atoms with Gasteiger partial charge in [-0.2, -0.15) is 0 Å². The van der Waals surface area contributed by atoms with E-state index < -0.39 is 0 Å². The Labute approximate surface area is 202 Å². The van der Waals surface area contributed by atoms with E-state index in [2.05, 4.69) is 17.4 Å². The van der Waals surface area contributed by atoms with E-state index in [4.69, 9.17) is 32.7 Å². The number of methoxy groups -OCH3 is 1. The second kappa shape index (κ2) is 10.4. The standard InChI is InChI=1S/C27H21Cl2NO3/c1-32-26-14-9-20(27(31)30-22-10-13-24(28)25(29)16-22)15-21(26)17-33-23-11-7-19(8-12-23)18-5-3-2-4-6-18/h2-16H,17H2,1H3,(H,30,31). The number of hydrogen-bond donors (Lipinski definition) is 1. The van der Waals surface area contributed by atoms with Gasteiger partial charge in [-0.05, 0) is 59.7 Å². The van der Waals surface area contributed by atoms with Gasteiger partial charge in [0, 0.05) is 16.8 Å². The third-order valence-corrected chi connectivity index (χ3v) is 5.81. The van der Waals surface area contributed by atoms with Crippen molar-refractivity contribution in [3.63, 3.8) is 0 Å². The maximum absolute atomic E-state index is 12.7. The van der Waals surface area contributed by atoms with Crippen LogP contribution in [0.3, 0.4) is 0 Å². The number of rotatable bonds is 7. The summed E-state index contributed by atoms with van der Waals surface area (Å²) in [6.45, 7) is 0.252. The van der Waals surface area contributed by atoms with Crippen LogP contribution in [-0.2, 0) is 6.61 Å². The van der Waals surface area contributed by atoms with E-state index in [9.17, 15) is 4.79 Å². The Kier molecular flexibility index (Phi) is 7.18. The summed E-state index contributed by atoms with van der Waals surface area (Å²) < 4.78 is 11.4. The predicted octanol–water partition coefficient (Wildman–Crippen LogP) is 7.50. The molecule has 0 heterocycles. The average molecular weight is 478 g/mol. The fourth-order valence-corrected chi connectivity index (χ4v) is 3.64. The van der Waals surface area contributed by atoms with E-state index >= 15 is 0 Å². The van der Waals surface area contributed by atoms with Crippen LogP contribution in [0, 0.1) is 0 Å². The smallest absolute Gasteiger partial charge is 0.255 e. The van der Waals surface area contributed by atoms with E-state index in [0.717, 1.165) is 22.4 Å². The molecule has 0 aliphatic carbocycles. The molecule has 0 aromatic heterocycles. The summed E-state index contributed by atoms with van der Waals surface area (Å²) in [5.74, 6) is 1.09. The molecule has 0 aliphatic heterocycles. The second-order valence-electron chi connectivity index (χ2n) is 7.29. The fraction of sp³-hybridized carbons (Fsp3) is 0.0741. The topological polar surface area (TPSA) is 47.6 Å². The first kappa shape index (κ1) is 22.7. The Morgan fingerprint density at radius 3 is 2.24 bits per heavy atom. The highest BCUT2D eigenvalue weighted by molar-refractivity contribution is 6.42. The third kappa shape index (κ3) is 5.67. The highest BCUT2D eigenvalue weighted by atomic mass is 35.5. The maximum atomic E-state index is 12.7. The molecular weight excluding hydrogens is 457 g/mol. The summed E-state index contributed by atoms with van der Waals surface area (Å²) in [4.78, 5) is 12.7. The normalized spacial score (nSPS) is 10.5. The first-order chi connectivity index (χ1) is 16.0. The van der Waals surface area contributed by atoms with E-state index in [-0.39, 0.29) is 12.5 Å². The van der Waals surface area contributed by atoms with Gasteiger partial charge in [-0.25, -0.2) is 0 Å². The van der Waals surface area contributed by atoms with Crippen molar-refractivity contribution in [2.45, 2.75) is 6.61 Å². The Bertz CT molecular complexity index is 1260. The number of anilines is 1. The summed E-state index contributed by atoms with van der Waals surface area (Å²) >= 11 is 12.0. The van der Waals surface area contributed by atoms with Crippen molar-refractivity contribution in [1.29, 1.82) is 0 Å². The predicted molar refractivity (Wildman–Crippen MR) is 134 cm³/mol. The maximum Gasteiger partial charge on any atom is 0.255 e. The lowest BCUT2D eigenvalue weighted by Crippen LogP contribution is -2.13. The van der Waals surface area contributed by atoms with Gasteiger partial charge in [-0.15, -0.1) is 0 Å². The molecule has 0 radical (unpaired) electrons. The lowest BCUT2D eigenvalue weighted by molar-refractivity contribution is 0.102. The van der Waals surface area contributed by atoms with Crippen molar-refractivity contribution in [3.05, 3.63) is 112 Å². The average Bonchev–Trinajstić information content (AvgIpc) is 2.85. The third-order valence-electron chi connectivity index (χ3n) is 5.08. The number of benzene rings is 4. The van der Waals surface area contributed by atoms with E-state index in [0.29, 0.717) is 27.0 Å². The summed E-state index contributed by atoms with van der Waals surface area (Å²) in [6.07, 6.45) is 0. The van der Waals surface area contributed by atoms with Gasteiger partial charge in [0.1, 0.15) is 18.1 Å². The van der Waals surface area contributed by atoms with Gasteiger partial charge >= 0.3 is 0 Å². The molecule has 4 rings (SSSR count). The monoisotopic (exact) mass is 477 g/mol. The van der Waals surface area contributed by atoms with Gasteiger partial charge < -0.3 is 14.8 Å². The molecule has 1 amide bonds. The molecular formula is C27H21Cl2NO3. The molecule has 6 heteroatoms. The number of nitrogens with one attached hydrogen (secondary N) is 1. The quantitative estimate of drug-likeness (QED) is 0.299. The summed E-state index contributed by atoms with van der Waals surface area (Å²) in [5.41, 5.74) is 4.04. The molecule has 0 unspecified atom stereocenters. The van der Waals surface area contributed by atoms with E-state index in [1.807, 2.05) is 42.5 Å². The van der Waals surface area contributed by atoms with Crippen LogP contribution in [0.25, 0.3) is 11.1 Å². The van der Waals surface area contributed by atoms with Crippen LogP contribution in [0.1, 0.15) is 15.9 Å². The van der Waals surface area contributed by atoms with Crippen LogP contribution >= 0.6 is 23.2 Å². The van der Waals surface area contributed by atoms with Crippen LogP contribution in [0.5, 0.6) is 11.5 Å². The SMILES string of the molecule is COc1ccc(C(=O)Nc2ccc(Cl)c(Cl)c2)cc1COc1ccc(-c2ccccc2)cc1. The van der Waals surface area contributed by atoms with Crippen molar-refractivity contribution in [3.8, 4) is 22.6 Å². The molecule has 0 fully saturated rings. The highest BCUT2D eigenvalue weighted by Crippen LogP contribution is 2.27. The molecule has 166 valence electrons. The Morgan fingerprint density at radius 2 is 1.55 bits per heavy atom. The number of amides is 1. The van der Waals surface area contributed by atoms with E-state index in [1.54, 1.807) is 43.5 Å². The molecule has 0 aliphatic rings. The molecule has 0 saturated heterocycles. The summed E-state index contributed by atoms with van der Waals surface area (Å²) in [7, 11) is 1.59. The zero-order valence-electron chi connectivity index (χ0n) is 17.8. The zero-order chi connectivity index (χ0) is 23.2. The number of carbonyl (C=O) groups excluding carboxylic acids is 1. The van der Waals surface area contributed by atoms with Gasteiger partial charge in [0.15, 0.2) is 0 Å². The largest absolute Gasteiger partial charge is 0.496 e. The van der Waals surface area contributed by atoms with Crippen molar-refractivity contribution < 1.29 is 14.3 Å². The minimum absolute atomic E-state index is 0.252. The van der Waals surface area contributed by atoms with E-state index in [1.165, 1.54) is 0 Å². The number of halogens is 2. The van der Waals surface area contributed by atoms with Gasteiger partial charge in [0.2, 0.25) is 0 Å². The zero-order valence-corrected chi connectivity index (χ0v) is 19.4. The van der Waals surface area contributed by atoms with Crippen molar-refractivity contribution in [2.24, 2.45) is 0 Å². The molecule has 4 aromatic carbocycles. The van der Waals surface area contributed by atoms with Crippen LogP contribution in [0.15, 0.2) is 91.0 Å². The Hall–Kier alpha value is -3.47. The number of hydrogen-bond acceptors (Lipinski definition) is 3. The van der Waals surface area contributed by atoms with Crippen LogP contribution in [0.4, 0.5) is 5.69 Å². The molecule has 1 N–H and O–H groups in total. The highest BCUT2D eigenvalue weighted by Gasteiger charge is 2.12. The molecule has 4 nitrogen and oxygen atoms in total. The molecule has 0 spiro atoms. The van der Waals surface area contributed by atoms with Crippen molar-refractivity contribution in [2.75, 3.05) is 12.4 Å². The minimum Gasteiger partial charge on any atom is -0.496 e. The lowest BCUT2D eigenvalue weighted by atomic mass is 10.1. The Morgan fingerprint density at radius 1 is 0.818 bits per heavy atom. The van der Waals surface area contributed by atoms with Gasteiger partial charge in [-0.3, -0.25) is 4.79 Å². The van der Waals surface area contributed by atoms with Crippen molar-refractivity contribution in [1.82, 2.24) is 0 Å². The molecule has 0 saturated carbocycles. The van der Waals surface area contributed by atoms with Crippen LogP contribution in [0.2, 0.25) is 10.0 Å². The summed E-state index contributed by atoms with van der Waals surface area (Å²) in [5, 5.41) is 3.62. The first-order valence-electron chi connectivity index (χ1n) is 10.2. The van der Waals surface area contributed by atoms with Crippen LogP contribution in [-0.4, -0.2) is 13.0 Å². The minimum atomic E-state index is -0.274. The molecule has 4 aromatic rings.